The molecule has 0 spiro atoms. The number of phosphoric acid groups is 1. The molecule has 0 aromatic heterocycles. The molecule has 23 heavy (non-hydrogen) atoms. The van der Waals surface area contributed by atoms with Crippen LogP contribution in [0.1, 0.15) is 59.8 Å². The van der Waals surface area contributed by atoms with Crippen molar-refractivity contribution >= 4 is 7.82 Å². The van der Waals surface area contributed by atoms with E-state index in [2.05, 4.69) is 42.0 Å². The van der Waals surface area contributed by atoms with E-state index in [-0.39, 0.29) is 12.6 Å². The van der Waals surface area contributed by atoms with E-state index in [9.17, 15) is 4.57 Å². The van der Waals surface area contributed by atoms with E-state index in [1.165, 1.54) is 32.4 Å². The Morgan fingerprint density at radius 2 is 1.61 bits per heavy atom. The lowest BCUT2D eigenvalue weighted by Crippen LogP contribution is -2.38. The highest BCUT2D eigenvalue weighted by atomic mass is 31.2. The molecule has 0 bridgehead atoms. The zero-order valence-electron chi connectivity index (χ0n) is 15.1. The van der Waals surface area contributed by atoms with Crippen molar-refractivity contribution in [3.63, 3.8) is 0 Å². The molecule has 138 valence electrons. The van der Waals surface area contributed by atoms with Crippen molar-refractivity contribution in [1.29, 1.82) is 0 Å². The minimum atomic E-state index is -4.30. The largest absolute Gasteiger partial charge is 0.469 e. The van der Waals surface area contributed by atoms with E-state index < -0.39 is 7.82 Å². The highest BCUT2D eigenvalue weighted by molar-refractivity contribution is 7.46. The first-order valence-electron chi connectivity index (χ1n) is 8.90. The molecule has 2 heterocycles. The minimum absolute atomic E-state index is 0.127. The first-order valence-corrected chi connectivity index (χ1v) is 10.4. The van der Waals surface area contributed by atoms with Crippen molar-refractivity contribution in [1.82, 2.24) is 9.80 Å². The fraction of sp³-hybridized carbons (Fsp3) is 1.00. The minimum Gasteiger partial charge on any atom is -0.303 e. The van der Waals surface area contributed by atoms with Gasteiger partial charge in [-0.05, 0) is 73.0 Å². The van der Waals surface area contributed by atoms with Crippen LogP contribution in [-0.2, 0) is 9.09 Å². The van der Waals surface area contributed by atoms with Gasteiger partial charge in [0.2, 0.25) is 0 Å². The maximum Gasteiger partial charge on any atom is 0.469 e. The fourth-order valence-electron chi connectivity index (χ4n) is 3.33. The van der Waals surface area contributed by atoms with Crippen LogP contribution in [0, 0.1) is 0 Å². The highest BCUT2D eigenvalue weighted by Gasteiger charge is 2.28. The van der Waals surface area contributed by atoms with Gasteiger partial charge in [-0.15, -0.1) is 0 Å². The summed E-state index contributed by atoms with van der Waals surface area (Å²) in [5, 5.41) is 0. The molecule has 1 unspecified atom stereocenters. The van der Waals surface area contributed by atoms with Crippen molar-refractivity contribution in [2.45, 2.75) is 77.9 Å². The average molecular weight is 350 g/mol. The van der Waals surface area contributed by atoms with Crippen LogP contribution in [0.15, 0.2) is 0 Å². The van der Waals surface area contributed by atoms with Gasteiger partial charge in [-0.25, -0.2) is 4.57 Å². The normalized spacial score (nSPS) is 24.1. The van der Waals surface area contributed by atoms with Crippen LogP contribution in [0.4, 0.5) is 0 Å². The lowest BCUT2D eigenvalue weighted by molar-refractivity contribution is 0.117. The molecule has 1 atom stereocenters. The quantitative estimate of drug-likeness (QED) is 0.743. The molecular weight excluding hydrogens is 315 g/mol. The van der Waals surface area contributed by atoms with E-state index in [0.717, 1.165) is 25.4 Å². The summed E-state index contributed by atoms with van der Waals surface area (Å²) in [5.41, 5.74) is 0. The summed E-state index contributed by atoms with van der Waals surface area (Å²) in [5.74, 6) is 0. The Bertz CT molecular complexity index is 367. The topological polar surface area (TPSA) is 73.2 Å². The van der Waals surface area contributed by atoms with Gasteiger partial charge < -0.3 is 14.7 Å². The standard InChI is InChI=1S/C8H18NO4P.C8H17N/c1-7(2)9-5-3-4-8(9)6-13-14(10,11)12;1-8(2)9-6-4-3-5-7-9/h7-8H,3-6H2,1-2H3,(H2,10,11,12);8H,3-7H2,1-2H3. The molecule has 0 saturated carbocycles. The van der Waals surface area contributed by atoms with Gasteiger partial charge in [-0.2, -0.15) is 0 Å². The van der Waals surface area contributed by atoms with Crippen LogP contribution < -0.4 is 0 Å². The first kappa shape index (κ1) is 21.1. The van der Waals surface area contributed by atoms with Gasteiger partial charge in [-0.3, -0.25) is 9.42 Å². The smallest absolute Gasteiger partial charge is 0.303 e. The van der Waals surface area contributed by atoms with Crippen molar-refractivity contribution in [2.24, 2.45) is 0 Å². The van der Waals surface area contributed by atoms with E-state index >= 15 is 0 Å². The second-order valence-electron chi connectivity index (χ2n) is 7.10. The Morgan fingerprint density at radius 3 is 2.04 bits per heavy atom. The Balaban J connectivity index is 0.000000253. The van der Waals surface area contributed by atoms with Gasteiger partial charge in [0.15, 0.2) is 0 Å². The molecule has 0 radical (unpaired) electrons. The Kier molecular flexibility index (Phi) is 9.27. The van der Waals surface area contributed by atoms with E-state index in [4.69, 9.17) is 9.79 Å². The third-order valence-corrected chi connectivity index (χ3v) is 5.13. The highest BCUT2D eigenvalue weighted by Crippen LogP contribution is 2.37. The van der Waals surface area contributed by atoms with Crippen molar-refractivity contribution in [3.05, 3.63) is 0 Å². The molecule has 2 N–H and O–H groups in total. The van der Waals surface area contributed by atoms with E-state index in [0.29, 0.717) is 6.04 Å². The molecule has 2 rings (SSSR count). The second-order valence-corrected chi connectivity index (χ2v) is 8.34. The molecule has 7 heteroatoms. The number of piperidine rings is 1. The first-order chi connectivity index (χ1) is 10.7. The molecule has 2 aliphatic heterocycles. The molecule has 2 aliphatic rings. The Hall–Kier alpha value is 0.0300. The summed E-state index contributed by atoms with van der Waals surface area (Å²) < 4.78 is 15.0. The molecule has 0 aromatic carbocycles. The lowest BCUT2D eigenvalue weighted by Gasteiger charge is -2.29. The van der Waals surface area contributed by atoms with Crippen LogP contribution in [0.5, 0.6) is 0 Å². The predicted octanol–water partition coefficient (Wildman–Crippen LogP) is 2.85. The summed E-state index contributed by atoms with van der Waals surface area (Å²) in [6.07, 6.45) is 6.31. The molecule has 2 saturated heterocycles. The third kappa shape index (κ3) is 8.62. The molecule has 0 amide bonds. The molecule has 2 fully saturated rings. The Labute approximate surface area is 141 Å². The predicted molar refractivity (Wildman–Crippen MR) is 93.4 cm³/mol. The number of phosphoric ester groups is 1. The summed E-state index contributed by atoms with van der Waals surface area (Å²) in [4.78, 5) is 21.9. The molecular formula is C16H35N2O4P. The number of hydrogen-bond donors (Lipinski definition) is 2. The number of likely N-dealkylation sites (tertiary alicyclic amines) is 2. The Morgan fingerprint density at radius 1 is 1.00 bits per heavy atom. The second kappa shape index (κ2) is 10.1. The zero-order chi connectivity index (χ0) is 17.5. The molecule has 0 aliphatic carbocycles. The van der Waals surface area contributed by atoms with Gasteiger partial charge in [0, 0.05) is 18.1 Å². The number of nitrogens with zero attached hydrogens (tertiary/aromatic N) is 2. The SMILES string of the molecule is CC(C)N1CCCC1COP(=O)(O)O.CC(C)N1CCCCC1. The molecule has 6 nitrogen and oxygen atoms in total. The fourth-order valence-corrected chi connectivity index (χ4v) is 3.70. The summed E-state index contributed by atoms with van der Waals surface area (Å²) >= 11 is 0. The maximum absolute atomic E-state index is 10.5. The van der Waals surface area contributed by atoms with Crippen LogP contribution in [0.3, 0.4) is 0 Å². The third-order valence-electron chi connectivity index (χ3n) is 4.64. The number of hydrogen-bond acceptors (Lipinski definition) is 4. The van der Waals surface area contributed by atoms with Gasteiger partial charge >= 0.3 is 7.82 Å². The van der Waals surface area contributed by atoms with Crippen molar-refractivity contribution in [3.8, 4) is 0 Å². The van der Waals surface area contributed by atoms with Gasteiger partial charge in [0.05, 0.1) is 6.61 Å². The maximum atomic E-state index is 10.5. The summed E-state index contributed by atoms with van der Waals surface area (Å²) in [7, 11) is -4.30. The van der Waals surface area contributed by atoms with E-state index in [1.807, 2.05) is 0 Å². The number of rotatable bonds is 5. The average Bonchev–Trinajstić information content (AvgIpc) is 2.95. The van der Waals surface area contributed by atoms with Crippen LogP contribution >= 0.6 is 7.82 Å². The molecule has 0 aromatic rings. The van der Waals surface area contributed by atoms with Crippen molar-refractivity contribution < 1.29 is 18.9 Å². The lowest BCUT2D eigenvalue weighted by atomic mass is 10.1. The van der Waals surface area contributed by atoms with E-state index in [1.54, 1.807) is 0 Å². The zero-order valence-corrected chi connectivity index (χ0v) is 16.0. The summed E-state index contributed by atoms with van der Waals surface area (Å²) in [6.45, 7) is 12.5. The van der Waals surface area contributed by atoms with Crippen LogP contribution in [0.2, 0.25) is 0 Å². The van der Waals surface area contributed by atoms with Gasteiger partial charge in [0.25, 0.3) is 0 Å². The van der Waals surface area contributed by atoms with Crippen molar-refractivity contribution in [2.75, 3.05) is 26.2 Å². The summed E-state index contributed by atoms with van der Waals surface area (Å²) in [6, 6.07) is 1.33. The van der Waals surface area contributed by atoms with Crippen LogP contribution in [-0.4, -0.2) is 64.0 Å². The van der Waals surface area contributed by atoms with Gasteiger partial charge in [-0.1, -0.05) is 6.42 Å². The van der Waals surface area contributed by atoms with Crippen LogP contribution in [0.25, 0.3) is 0 Å². The van der Waals surface area contributed by atoms with Gasteiger partial charge in [0.1, 0.15) is 0 Å². The monoisotopic (exact) mass is 350 g/mol.